The summed E-state index contributed by atoms with van der Waals surface area (Å²) in [6.07, 6.45) is 12.6. The molecule has 1 aromatic heterocycles. The maximum atomic E-state index is 15.3. The van der Waals surface area contributed by atoms with E-state index in [4.69, 9.17) is 4.74 Å². The molecule has 2 aromatic rings. The minimum absolute atomic E-state index is 0.00391. The fraction of sp³-hybridized carbons (Fsp3) is 0.667. The number of ether oxygens (including phenoxy) is 1. The number of thiophene rings is 1. The van der Waals surface area contributed by atoms with E-state index in [9.17, 15) is 4.79 Å². The van der Waals surface area contributed by atoms with Crippen molar-refractivity contribution in [3.05, 3.63) is 34.5 Å². The van der Waals surface area contributed by atoms with Crippen LogP contribution in [0.1, 0.15) is 101 Å². The number of fused-ring (bicyclic) bond motifs is 1. The van der Waals surface area contributed by atoms with Gasteiger partial charge in [-0.2, -0.15) is 0 Å². The number of halogens is 1. The lowest BCUT2D eigenvalue weighted by Gasteiger charge is -2.31. The maximum absolute atomic E-state index is 15.3. The number of rotatable bonds is 7. The van der Waals surface area contributed by atoms with Gasteiger partial charge in [0.05, 0.1) is 10.6 Å². The number of esters is 1. The molecule has 0 saturated heterocycles. The monoisotopic (exact) mass is 444 g/mol. The smallest absolute Gasteiger partial charge is 0.309 e. The van der Waals surface area contributed by atoms with Gasteiger partial charge in [-0.1, -0.05) is 45.2 Å². The number of hydrogen-bond donors (Lipinski definition) is 0. The summed E-state index contributed by atoms with van der Waals surface area (Å²) >= 11 is 1.61. The number of aryl methyl sites for hydroxylation is 1. The molecule has 0 N–H and O–H groups in total. The minimum Gasteiger partial charge on any atom is -0.462 e. The van der Waals surface area contributed by atoms with Gasteiger partial charge in [0, 0.05) is 4.88 Å². The highest BCUT2D eigenvalue weighted by atomic mass is 32.1. The van der Waals surface area contributed by atoms with Crippen molar-refractivity contribution >= 4 is 27.4 Å². The Hall–Kier alpha value is -1.42. The third kappa shape index (κ3) is 5.32. The fourth-order valence-corrected chi connectivity index (χ4v) is 6.88. The number of carbonyl (C=O) groups is 1. The highest BCUT2D eigenvalue weighted by Gasteiger charge is 2.32. The number of hydrogen-bond acceptors (Lipinski definition) is 3. The molecule has 170 valence electrons. The van der Waals surface area contributed by atoms with Crippen molar-refractivity contribution in [1.82, 2.24) is 0 Å². The first-order valence-corrected chi connectivity index (χ1v) is 13.3. The molecule has 1 heterocycles. The van der Waals surface area contributed by atoms with Crippen LogP contribution < -0.4 is 0 Å². The fourth-order valence-electron chi connectivity index (χ4n) is 5.67. The third-order valence-electron chi connectivity index (χ3n) is 7.48. The van der Waals surface area contributed by atoms with Gasteiger partial charge in [0.15, 0.2) is 0 Å². The van der Waals surface area contributed by atoms with Crippen LogP contribution >= 0.6 is 11.3 Å². The molecule has 2 fully saturated rings. The molecular formula is C27H37FO2S. The molecule has 0 atom stereocenters. The van der Waals surface area contributed by atoms with Crippen molar-refractivity contribution in [2.45, 2.75) is 103 Å². The van der Waals surface area contributed by atoms with Gasteiger partial charge in [-0.05, 0) is 86.6 Å². The Kier molecular flexibility index (Phi) is 7.68. The summed E-state index contributed by atoms with van der Waals surface area (Å²) in [6, 6.07) is 6.20. The lowest BCUT2D eigenvalue weighted by molar-refractivity contribution is -0.157. The van der Waals surface area contributed by atoms with E-state index in [0.717, 1.165) is 72.9 Å². The van der Waals surface area contributed by atoms with Crippen LogP contribution in [0.15, 0.2) is 18.2 Å². The molecule has 2 aliphatic carbocycles. The first kappa shape index (κ1) is 22.8. The van der Waals surface area contributed by atoms with E-state index in [1.807, 2.05) is 6.07 Å². The molecule has 0 bridgehead atoms. The molecule has 0 unspecified atom stereocenters. The Morgan fingerprint density at radius 3 is 2.45 bits per heavy atom. The lowest BCUT2D eigenvalue weighted by Crippen LogP contribution is -2.30. The van der Waals surface area contributed by atoms with Crippen LogP contribution in [-0.2, 0) is 16.0 Å². The van der Waals surface area contributed by atoms with Gasteiger partial charge in [-0.15, -0.1) is 11.3 Å². The zero-order valence-electron chi connectivity index (χ0n) is 19.1. The van der Waals surface area contributed by atoms with Crippen LogP contribution in [0.3, 0.4) is 0 Å². The molecule has 0 spiro atoms. The molecule has 0 amide bonds. The average molecular weight is 445 g/mol. The molecule has 0 aliphatic heterocycles. The van der Waals surface area contributed by atoms with Crippen LogP contribution in [0, 0.1) is 17.7 Å². The van der Waals surface area contributed by atoms with E-state index in [-0.39, 0.29) is 29.7 Å². The van der Waals surface area contributed by atoms with Crippen LogP contribution in [0.25, 0.3) is 10.1 Å². The second kappa shape index (κ2) is 10.5. The van der Waals surface area contributed by atoms with E-state index in [1.54, 1.807) is 11.3 Å². The Morgan fingerprint density at radius 2 is 1.77 bits per heavy atom. The molecule has 1 aromatic carbocycles. The normalized spacial score (nSPS) is 26.8. The minimum atomic E-state index is -0.0280. The summed E-state index contributed by atoms with van der Waals surface area (Å²) < 4.78 is 22.0. The van der Waals surface area contributed by atoms with Crippen molar-refractivity contribution in [3.8, 4) is 0 Å². The van der Waals surface area contributed by atoms with Gasteiger partial charge in [0.25, 0.3) is 0 Å². The number of carbonyl (C=O) groups excluding carboxylic acids is 1. The quantitative estimate of drug-likeness (QED) is 0.403. The zero-order valence-corrected chi connectivity index (χ0v) is 19.9. The Morgan fingerprint density at radius 1 is 1.03 bits per heavy atom. The third-order valence-corrected chi connectivity index (χ3v) is 8.68. The highest BCUT2D eigenvalue weighted by molar-refractivity contribution is 7.19. The average Bonchev–Trinajstić information content (AvgIpc) is 3.20. The van der Waals surface area contributed by atoms with E-state index in [1.165, 1.54) is 30.6 Å². The van der Waals surface area contributed by atoms with Gasteiger partial charge in [-0.25, -0.2) is 4.39 Å². The first-order valence-electron chi connectivity index (χ1n) is 12.5. The predicted octanol–water partition coefficient (Wildman–Crippen LogP) is 8.17. The van der Waals surface area contributed by atoms with Crippen molar-refractivity contribution in [2.24, 2.45) is 11.8 Å². The Bertz CT molecular complexity index is 873. The Balaban J connectivity index is 1.31. The van der Waals surface area contributed by atoms with Crippen LogP contribution in [0.4, 0.5) is 4.39 Å². The molecule has 4 rings (SSSR count). The standard InChI is InChI=1S/C27H37FO2S/c1-3-5-18-7-14-22(15-8-18)30-27(29)20-11-9-19(10-12-20)24-16-13-21-17-23(6-4-2)31-26(21)25(24)28/h13,16-20,22H,3-12,14-15H2,1-2H3. The van der Waals surface area contributed by atoms with Crippen molar-refractivity contribution in [1.29, 1.82) is 0 Å². The Labute approximate surface area is 190 Å². The molecular weight excluding hydrogens is 407 g/mol. The van der Waals surface area contributed by atoms with Gasteiger partial charge in [-0.3, -0.25) is 4.79 Å². The topological polar surface area (TPSA) is 26.3 Å². The van der Waals surface area contributed by atoms with Crippen molar-refractivity contribution < 1.29 is 13.9 Å². The van der Waals surface area contributed by atoms with Crippen LogP contribution in [0.5, 0.6) is 0 Å². The van der Waals surface area contributed by atoms with Crippen molar-refractivity contribution in [2.75, 3.05) is 0 Å². The van der Waals surface area contributed by atoms with Gasteiger partial charge in [0.1, 0.15) is 11.9 Å². The van der Waals surface area contributed by atoms with E-state index < -0.39 is 0 Å². The summed E-state index contributed by atoms with van der Waals surface area (Å²) in [5.41, 5.74) is 0.846. The van der Waals surface area contributed by atoms with Crippen LogP contribution in [-0.4, -0.2) is 12.1 Å². The molecule has 2 nitrogen and oxygen atoms in total. The van der Waals surface area contributed by atoms with E-state index >= 15 is 4.39 Å². The second-order valence-electron chi connectivity index (χ2n) is 9.77. The van der Waals surface area contributed by atoms with E-state index in [0.29, 0.717) is 0 Å². The van der Waals surface area contributed by atoms with E-state index in [2.05, 4.69) is 26.0 Å². The lowest BCUT2D eigenvalue weighted by atomic mass is 9.78. The van der Waals surface area contributed by atoms with Gasteiger partial charge >= 0.3 is 5.97 Å². The molecule has 31 heavy (non-hydrogen) atoms. The maximum Gasteiger partial charge on any atom is 0.309 e. The molecule has 0 radical (unpaired) electrons. The summed E-state index contributed by atoms with van der Waals surface area (Å²) in [4.78, 5) is 14.0. The number of benzene rings is 1. The summed E-state index contributed by atoms with van der Waals surface area (Å²) in [6.45, 7) is 4.41. The second-order valence-corrected chi connectivity index (χ2v) is 10.9. The zero-order chi connectivity index (χ0) is 21.8. The van der Waals surface area contributed by atoms with Gasteiger partial charge < -0.3 is 4.74 Å². The highest BCUT2D eigenvalue weighted by Crippen LogP contribution is 2.41. The molecule has 2 saturated carbocycles. The van der Waals surface area contributed by atoms with Crippen molar-refractivity contribution in [3.63, 3.8) is 0 Å². The summed E-state index contributed by atoms with van der Waals surface area (Å²) in [5.74, 6) is 1.00. The summed E-state index contributed by atoms with van der Waals surface area (Å²) in [5, 5.41) is 1.03. The van der Waals surface area contributed by atoms with Crippen LogP contribution in [0.2, 0.25) is 0 Å². The predicted molar refractivity (Wildman–Crippen MR) is 127 cm³/mol. The largest absolute Gasteiger partial charge is 0.462 e. The molecule has 4 heteroatoms. The molecule has 2 aliphatic rings. The SMILES string of the molecule is CCCc1cc2ccc(C3CCC(C(=O)OC4CCC(CCC)CC4)CC3)c(F)c2s1. The van der Waals surface area contributed by atoms with Gasteiger partial charge in [0.2, 0.25) is 0 Å². The summed E-state index contributed by atoms with van der Waals surface area (Å²) in [7, 11) is 0. The first-order chi connectivity index (χ1) is 15.1.